The zero-order valence-electron chi connectivity index (χ0n) is 9.69. The first-order valence-corrected chi connectivity index (χ1v) is 6.16. The Bertz CT molecular complexity index is 502. The molecule has 0 bridgehead atoms. The van der Waals surface area contributed by atoms with Crippen molar-refractivity contribution < 1.29 is 5.11 Å². The molecule has 2 aromatic heterocycles. The number of aromatic nitrogens is 2. The lowest BCUT2D eigenvalue weighted by atomic mass is 9.89. The number of aromatic amines is 1. The number of pyridine rings is 1. The molecule has 1 aliphatic rings. The largest absolute Gasteiger partial charge is 0.388 e. The average Bonchev–Trinajstić information content (AvgIpc) is 2.83. The van der Waals surface area contributed by atoms with Gasteiger partial charge >= 0.3 is 0 Å². The van der Waals surface area contributed by atoms with Gasteiger partial charge in [0.25, 0.3) is 0 Å². The number of aliphatic hydroxyl groups excluding tert-OH is 1. The van der Waals surface area contributed by atoms with Gasteiger partial charge < -0.3 is 15.4 Å². The van der Waals surface area contributed by atoms with E-state index < -0.39 is 6.10 Å². The van der Waals surface area contributed by atoms with Crippen molar-refractivity contribution in [2.45, 2.75) is 18.9 Å². The normalized spacial score (nSPS) is 22.8. The van der Waals surface area contributed by atoms with Gasteiger partial charge in [0.15, 0.2) is 0 Å². The minimum absolute atomic E-state index is 0.308. The zero-order valence-corrected chi connectivity index (χ0v) is 9.69. The van der Waals surface area contributed by atoms with Crippen molar-refractivity contribution in [1.82, 2.24) is 15.3 Å². The monoisotopic (exact) mass is 231 g/mol. The van der Waals surface area contributed by atoms with E-state index in [0.717, 1.165) is 42.4 Å². The van der Waals surface area contributed by atoms with Crippen molar-refractivity contribution in [3.05, 3.63) is 30.2 Å². The van der Waals surface area contributed by atoms with Gasteiger partial charge in [0, 0.05) is 47.5 Å². The van der Waals surface area contributed by atoms with Gasteiger partial charge in [-0.05, 0) is 25.5 Å². The molecule has 1 aliphatic heterocycles. The van der Waals surface area contributed by atoms with Crippen molar-refractivity contribution in [1.29, 1.82) is 0 Å². The number of hydrogen-bond acceptors (Lipinski definition) is 3. The van der Waals surface area contributed by atoms with E-state index in [4.69, 9.17) is 0 Å². The molecule has 1 saturated heterocycles. The molecule has 1 fully saturated rings. The first kappa shape index (κ1) is 10.7. The maximum absolute atomic E-state index is 10.4. The molecular weight excluding hydrogens is 214 g/mol. The van der Waals surface area contributed by atoms with Gasteiger partial charge in [-0.3, -0.25) is 4.98 Å². The highest BCUT2D eigenvalue weighted by Crippen LogP contribution is 2.31. The highest BCUT2D eigenvalue weighted by molar-refractivity contribution is 5.82. The SMILES string of the molecule is OC(c1c[nH]c2ccncc12)C1CCCNC1. The van der Waals surface area contributed by atoms with E-state index in [-0.39, 0.29) is 0 Å². The van der Waals surface area contributed by atoms with Crippen LogP contribution < -0.4 is 5.32 Å². The lowest BCUT2D eigenvalue weighted by molar-refractivity contribution is 0.0934. The molecule has 90 valence electrons. The van der Waals surface area contributed by atoms with Crippen molar-refractivity contribution in [3.63, 3.8) is 0 Å². The fraction of sp³-hybridized carbons (Fsp3) is 0.462. The molecule has 2 atom stereocenters. The molecular formula is C13H17N3O. The zero-order chi connectivity index (χ0) is 11.7. The van der Waals surface area contributed by atoms with Gasteiger partial charge in [-0.15, -0.1) is 0 Å². The Hall–Kier alpha value is -1.39. The van der Waals surface area contributed by atoms with Gasteiger partial charge in [0.2, 0.25) is 0 Å². The summed E-state index contributed by atoms with van der Waals surface area (Å²) in [5.74, 6) is 0.308. The molecule has 4 nitrogen and oxygen atoms in total. The second-order valence-corrected chi connectivity index (χ2v) is 4.72. The third kappa shape index (κ3) is 1.94. The summed E-state index contributed by atoms with van der Waals surface area (Å²) >= 11 is 0. The number of rotatable bonds is 2. The summed E-state index contributed by atoms with van der Waals surface area (Å²) in [6.07, 6.45) is 7.31. The van der Waals surface area contributed by atoms with Gasteiger partial charge in [-0.1, -0.05) is 0 Å². The number of nitrogens with one attached hydrogen (secondary N) is 2. The topological polar surface area (TPSA) is 60.9 Å². The third-order valence-corrected chi connectivity index (χ3v) is 3.62. The van der Waals surface area contributed by atoms with Crippen LogP contribution in [-0.2, 0) is 0 Å². The molecule has 4 heteroatoms. The number of H-pyrrole nitrogens is 1. The van der Waals surface area contributed by atoms with E-state index in [0.29, 0.717) is 5.92 Å². The van der Waals surface area contributed by atoms with Crippen molar-refractivity contribution in [3.8, 4) is 0 Å². The Kier molecular flexibility index (Phi) is 2.82. The highest BCUT2D eigenvalue weighted by atomic mass is 16.3. The molecule has 3 rings (SSSR count). The smallest absolute Gasteiger partial charge is 0.0851 e. The summed E-state index contributed by atoms with van der Waals surface area (Å²) < 4.78 is 0. The quantitative estimate of drug-likeness (QED) is 0.735. The molecule has 3 N–H and O–H groups in total. The lowest BCUT2D eigenvalue weighted by Crippen LogP contribution is -2.33. The van der Waals surface area contributed by atoms with E-state index in [1.165, 1.54) is 0 Å². The van der Waals surface area contributed by atoms with Crippen LogP contribution in [0.25, 0.3) is 10.9 Å². The van der Waals surface area contributed by atoms with E-state index in [1.54, 1.807) is 6.20 Å². The molecule has 0 amide bonds. The minimum Gasteiger partial charge on any atom is -0.388 e. The minimum atomic E-state index is -0.402. The van der Waals surface area contributed by atoms with Crippen molar-refractivity contribution >= 4 is 10.9 Å². The molecule has 3 heterocycles. The van der Waals surface area contributed by atoms with Gasteiger partial charge in [0.1, 0.15) is 0 Å². The number of hydrogen-bond donors (Lipinski definition) is 3. The van der Waals surface area contributed by atoms with Crippen LogP contribution >= 0.6 is 0 Å². The second kappa shape index (κ2) is 4.47. The lowest BCUT2D eigenvalue weighted by Gasteiger charge is -2.27. The molecule has 2 aromatic rings. The van der Waals surface area contributed by atoms with E-state index in [9.17, 15) is 5.11 Å². The fourth-order valence-corrected chi connectivity index (χ4v) is 2.63. The Morgan fingerprint density at radius 1 is 1.47 bits per heavy atom. The summed E-state index contributed by atoms with van der Waals surface area (Å²) in [6, 6.07) is 1.94. The molecule has 0 aromatic carbocycles. The van der Waals surface area contributed by atoms with Crippen LogP contribution in [0.1, 0.15) is 24.5 Å². The number of piperidine rings is 1. The van der Waals surface area contributed by atoms with Crippen LogP contribution in [0.15, 0.2) is 24.7 Å². The van der Waals surface area contributed by atoms with E-state index in [2.05, 4.69) is 15.3 Å². The average molecular weight is 231 g/mol. The molecule has 2 unspecified atom stereocenters. The second-order valence-electron chi connectivity index (χ2n) is 4.72. The van der Waals surface area contributed by atoms with E-state index in [1.807, 2.05) is 18.5 Å². The first-order chi connectivity index (χ1) is 8.36. The number of nitrogens with zero attached hydrogens (tertiary/aromatic N) is 1. The summed E-state index contributed by atoms with van der Waals surface area (Å²) in [5.41, 5.74) is 2.01. The summed E-state index contributed by atoms with van der Waals surface area (Å²) in [6.45, 7) is 1.97. The van der Waals surface area contributed by atoms with Gasteiger partial charge in [0.05, 0.1) is 6.10 Å². The van der Waals surface area contributed by atoms with Crippen LogP contribution in [-0.4, -0.2) is 28.2 Å². The van der Waals surface area contributed by atoms with Gasteiger partial charge in [-0.25, -0.2) is 0 Å². The van der Waals surface area contributed by atoms with Crippen LogP contribution in [0.4, 0.5) is 0 Å². The molecule has 0 spiro atoms. The predicted octanol–water partition coefficient (Wildman–Crippen LogP) is 1.60. The van der Waals surface area contributed by atoms with Crippen molar-refractivity contribution in [2.24, 2.45) is 5.92 Å². The Morgan fingerprint density at radius 2 is 2.41 bits per heavy atom. The molecule has 0 radical (unpaired) electrons. The molecule has 17 heavy (non-hydrogen) atoms. The third-order valence-electron chi connectivity index (χ3n) is 3.62. The molecule has 0 saturated carbocycles. The summed E-state index contributed by atoms with van der Waals surface area (Å²) in [7, 11) is 0. The Morgan fingerprint density at radius 3 is 3.24 bits per heavy atom. The Balaban J connectivity index is 1.92. The Labute approximate surface area is 100 Å². The van der Waals surface area contributed by atoms with Crippen LogP contribution in [0, 0.1) is 5.92 Å². The maximum atomic E-state index is 10.4. The van der Waals surface area contributed by atoms with E-state index >= 15 is 0 Å². The van der Waals surface area contributed by atoms with Crippen LogP contribution in [0.5, 0.6) is 0 Å². The summed E-state index contributed by atoms with van der Waals surface area (Å²) in [5, 5.41) is 14.8. The predicted molar refractivity (Wildman–Crippen MR) is 66.6 cm³/mol. The van der Waals surface area contributed by atoms with Crippen LogP contribution in [0.2, 0.25) is 0 Å². The summed E-state index contributed by atoms with van der Waals surface area (Å²) in [4.78, 5) is 7.31. The number of aliphatic hydroxyl groups is 1. The number of fused-ring (bicyclic) bond motifs is 1. The highest BCUT2D eigenvalue weighted by Gasteiger charge is 2.24. The maximum Gasteiger partial charge on any atom is 0.0851 e. The fourth-order valence-electron chi connectivity index (χ4n) is 2.63. The standard InChI is InChI=1S/C13H17N3O/c17-13(9-2-1-4-14-6-9)11-8-16-12-3-5-15-7-10(11)12/h3,5,7-9,13-14,16-17H,1-2,4,6H2. The van der Waals surface area contributed by atoms with Crippen LogP contribution in [0.3, 0.4) is 0 Å². The molecule has 0 aliphatic carbocycles. The van der Waals surface area contributed by atoms with Gasteiger partial charge in [-0.2, -0.15) is 0 Å². The first-order valence-electron chi connectivity index (χ1n) is 6.16. The van der Waals surface area contributed by atoms with Crippen molar-refractivity contribution in [2.75, 3.05) is 13.1 Å².